The van der Waals surface area contributed by atoms with Crippen molar-refractivity contribution in [1.82, 2.24) is 29.2 Å². The highest BCUT2D eigenvalue weighted by Gasteiger charge is 2.41. The zero-order valence-electron chi connectivity index (χ0n) is 24.7. The third-order valence-electron chi connectivity index (χ3n) is 9.20. The van der Waals surface area contributed by atoms with Crippen LogP contribution in [0.1, 0.15) is 49.6 Å². The number of rotatable bonds is 6. The van der Waals surface area contributed by atoms with E-state index in [2.05, 4.69) is 19.4 Å². The van der Waals surface area contributed by atoms with Crippen molar-refractivity contribution in [2.45, 2.75) is 49.7 Å². The molecule has 0 aliphatic carbocycles. The molecule has 0 radical (unpaired) electrons. The molecule has 3 aliphatic rings. The van der Waals surface area contributed by atoms with E-state index >= 15 is 0 Å². The average Bonchev–Trinajstić information content (AvgIpc) is 3.55. The molecule has 0 spiro atoms. The largest absolute Gasteiger partial charge is 0.416 e. The lowest BCUT2D eigenvalue weighted by molar-refractivity contribution is -0.143. The molecule has 2 atom stereocenters. The molecule has 2 aromatic carbocycles. The Bertz CT molecular complexity index is 1490. The maximum atomic E-state index is 13.7. The fraction of sp³-hybridized carbons (Fsp3) is 0.484. The molecule has 246 valence electrons. The molecule has 46 heavy (non-hydrogen) atoms. The molecular formula is C31H32F6N6O2S. The molecule has 3 aliphatic heterocycles. The Morgan fingerprint density at radius 2 is 1.41 bits per heavy atom. The van der Waals surface area contributed by atoms with Gasteiger partial charge in [0.15, 0.2) is 0 Å². The standard InChI is InChI=1S/C31H32F6N6O2S/c32-30(33,34)22-13-21(14-23(15-22)31(35,36)37)28(44)43-7-6-24(16-25(43)12-20-4-2-1-3-5-20)40-8-10-41(11-9-40)26-18-42(19-26)29(45)27-17-38-39-46-27/h1-5,13-15,17,24-26H,6-12,16,18-19H2. The van der Waals surface area contributed by atoms with Crippen LogP contribution in [0.15, 0.2) is 54.7 Å². The summed E-state index contributed by atoms with van der Waals surface area (Å²) in [5, 5.41) is 3.73. The highest BCUT2D eigenvalue weighted by Crippen LogP contribution is 2.37. The van der Waals surface area contributed by atoms with Gasteiger partial charge in [-0.25, -0.2) is 0 Å². The third kappa shape index (κ3) is 7.05. The lowest BCUT2D eigenvalue weighted by Gasteiger charge is -2.50. The van der Waals surface area contributed by atoms with Gasteiger partial charge >= 0.3 is 12.4 Å². The van der Waals surface area contributed by atoms with Gasteiger partial charge in [0.1, 0.15) is 4.88 Å². The molecule has 8 nitrogen and oxygen atoms in total. The van der Waals surface area contributed by atoms with Crippen LogP contribution < -0.4 is 0 Å². The number of amides is 2. The van der Waals surface area contributed by atoms with Crippen molar-refractivity contribution in [1.29, 1.82) is 0 Å². The van der Waals surface area contributed by atoms with E-state index in [1.54, 1.807) is 4.90 Å². The molecule has 3 fully saturated rings. The first-order chi connectivity index (χ1) is 21.9. The highest BCUT2D eigenvalue weighted by atomic mass is 32.1. The van der Waals surface area contributed by atoms with E-state index < -0.39 is 41.0 Å². The van der Waals surface area contributed by atoms with Gasteiger partial charge in [-0.05, 0) is 54.6 Å². The fourth-order valence-corrected chi connectivity index (χ4v) is 7.17. The number of nitrogens with zero attached hydrogens (tertiary/aromatic N) is 6. The van der Waals surface area contributed by atoms with E-state index in [1.165, 1.54) is 11.1 Å². The summed E-state index contributed by atoms with van der Waals surface area (Å²) in [7, 11) is 0. The quantitative estimate of drug-likeness (QED) is 0.348. The number of alkyl halides is 6. The zero-order valence-corrected chi connectivity index (χ0v) is 25.5. The number of hydrogen-bond acceptors (Lipinski definition) is 7. The predicted molar refractivity (Wildman–Crippen MR) is 157 cm³/mol. The van der Waals surface area contributed by atoms with Gasteiger partial charge in [-0.2, -0.15) is 26.3 Å². The smallest absolute Gasteiger partial charge is 0.335 e. The van der Waals surface area contributed by atoms with Crippen molar-refractivity contribution in [2.24, 2.45) is 0 Å². The molecule has 15 heteroatoms. The monoisotopic (exact) mass is 666 g/mol. The Kier molecular flexibility index (Phi) is 9.09. The number of piperazine rings is 1. The minimum Gasteiger partial charge on any atom is -0.335 e. The van der Waals surface area contributed by atoms with Gasteiger partial charge in [-0.15, -0.1) is 5.10 Å². The molecular weight excluding hydrogens is 634 g/mol. The number of likely N-dealkylation sites (tertiary alicyclic amines) is 2. The van der Waals surface area contributed by atoms with Crippen molar-refractivity contribution >= 4 is 23.3 Å². The number of carbonyl (C=O) groups is 2. The Morgan fingerprint density at radius 1 is 0.804 bits per heavy atom. The zero-order chi connectivity index (χ0) is 32.6. The lowest BCUT2D eigenvalue weighted by atomic mass is 9.90. The van der Waals surface area contributed by atoms with Gasteiger partial charge < -0.3 is 9.80 Å². The van der Waals surface area contributed by atoms with Crippen molar-refractivity contribution in [3.8, 4) is 0 Å². The van der Waals surface area contributed by atoms with Crippen molar-refractivity contribution < 1.29 is 35.9 Å². The lowest BCUT2D eigenvalue weighted by Crippen LogP contribution is -2.65. The second-order valence-electron chi connectivity index (χ2n) is 12.0. The van der Waals surface area contributed by atoms with Crippen LogP contribution in [0.5, 0.6) is 0 Å². The molecule has 4 heterocycles. The summed E-state index contributed by atoms with van der Waals surface area (Å²) < 4.78 is 85.1. The fourth-order valence-electron chi connectivity index (χ4n) is 6.69. The number of piperidine rings is 1. The number of carbonyl (C=O) groups excluding carboxylic acids is 2. The molecule has 2 amide bonds. The minimum absolute atomic E-state index is 0.0435. The maximum Gasteiger partial charge on any atom is 0.416 e. The topological polar surface area (TPSA) is 72.9 Å². The minimum atomic E-state index is -5.04. The maximum absolute atomic E-state index is 13.7. The van der Waals surface area contributed by atoms with E-state index in [0.717, 1.165) is 43.3 Å². The summed E-state index contributed by atoms with van der Waals surface area (Å²) in [4.78, 5) is 34.7. The summed E-state index contributed by atoms with van der Waals surface area (Å²) in [6.45, 7) is 4.67. The van der Waals surface area contributed by atoms with Crippen LogP contribution in [-0.2, 0) is 18.8 Å². The molecule has 0 N–H and O–H groups in total. The second-order valence-corrected chi connectivity index (χ2v) is 12.8. The molecule has 2 unspecified atom stereocenters. The Hall–Kier alpha value is -3.56. The van der Waals surface area contributed by atoms with E-state index in [1.807, 2.05) is 30.3 Å². The van der Waals surface area contributed by atoms with Crippen molar-refractivity contribution in [3.05, 3.63) is 81.9 Å². The van der Waals surface area contributed by atoms with Gasteiger partial charge in [0.2, 0.25) is 0 Å². The van der Waals surface area contributed by atoms with E-state index in [9.17, 15) is 35.9 Å². The summed E-state index contributed by atoms with van der Waals surface area (Å²) in [5.41, 5.74) is -2.70. The normalized spacial score (nSPS) is 22.1. The summed E-state index contributed by atoms with van der Waals surface area (Å²) in [6, 6.07) is 10.4. The molecule has 0 saturated carbocycles. The first-order valence-corrected chi connectivity index (χ1v) is 15.8. The number of halogens is 6. The summed E-state index contributed by atoms with van der Waals surface area (Å²) in [5.74, 6) is -0.894. The Labute approximate surface area is 265 Å². The molecule has 6 rings (SSSR count). The van der Waals surface area contributed by atoms with Gasteiger partial charge in [0, 0.05) is 69.5 Å². The molecule has 3 saturated heterocycles. The number of aromatic nitrogens is 2. The predicted octanol–water partition coefficient (Wildman–Crippen LogP) is 4.93. The Morgan fingerprint density at radius 3 is 1.98 bits per heavy atom. The van der Waals surface area contributed by atoms with Gasteiger partial charge in [0.05, 0.1) is 17.3 Å². The van der Waals surface area contributed by atoms with Gasteiger partial charge in [-0.1, -0.05) is 34.8 Å². The second kappa shape index (κ2) is 12.9. The van der Waals surface area contributed by atoms with Crippen molar-refractivity contribution in [3.63, 3.8) is 0 Å². The highest BCUT2D eigenvalue weighted by molar-refractivity contribution is 7.07. The van der Waals surface area contributed by atoms with E-state index in [-0.39, 0.29) is 30.6 Å². The first-order valence-electron chi connectivity index (χ1n) is 15.1. The van der Waals surface area contributed by atoms with E-state index in [4.69, 9.17) is 0 Å². The summed E-state index contributed by atoms with van der Waals surface area (Å²) >= 11 is 1.08. The molecule has 0 bridgehead atoms. The number of benzene rings is 2. The average molecular weight is 667 g/mol. The van der Waals surface area contributed by atoms with Crippen LogP contribution >= 0.6 is 11.5 Å². The molecule has 1 aromatic heterocycles. The van der Waals surface area contributed by atoms with Crippen LogP contribution in [0, 0.1) is 0 Å². The first kappa shape index (κ1) is 32.4. The number of hydrogen-bond donors (Lipinski definition) is 0. The van der Waals surface area contributed by atoms with Crippen LogP contribution in [0.3, 0.4) is 0 Å². The van der Waals surface area contributed by atoms with Crippen molar-refractivity contribution in [2.75, 3.05) is 45.8 Å². The van der Waals surface area contributed by atoms with Crippen LogP contribution in [0.4, 0.5) is 26.3 Å². The molecule has 3 aromatic rings. The van der Waals surface area contributed by atoms with Crippen LogP contribution in [0.2, 0.25) is 0 Å². The van der Waals surface area contributed by atoms with Crippen LogP contribution in [-0.4, -0.2) is 105 Å². The van der Waals surface area contributed by atoms with E-state index in [0.29, 0.717) is 49.4 Å². The SMILES string of the molecule is O=C(c1cnns1)N1CC(N2CCN(C3CCN(C(=O)c4cc(C(F)(F)F)cc(C(F)(F)F)c4)C(Cc4ccccc4)C3)CC2)C1. The van der Waals surface area contributed by atoms with Gasteiger partial charge in [-0.3, -0.25) is 19.4 Å². The van der Waals surface area contributed by atoms with Gasteiger partial charge in [0.25, 0.3) is 11.8 Å². The Balaban J connectivity index is 1.13. The summed E-state index contributed by atoms with van der Waals surface area (Å²) in [6.07, 6.45) is -7.09. The van der Waals surface area contributed by atoms with Crippen LogP contribution in [0.25, 0.3) is 0 Å². The third-order valence-corrected chi connectivity index (χ3v) is 9.85.